The van der Waals surface area contributed by atoms with Crippen LogP contribution in [-0.4, -0.2) is 19.4 Å². The maximum Gasteiger partial charge on any atom is 0.238 e. The molecule has 0 aliphatic carbocycles. The van der Waals surface area contributed by atoms with E-state index in [1.54, 1.807) is 0 Å². The van der Waals surface area contributed by atoms with E-state index in [1.165, 1.54) is 24.3 Å². The van der Waals surface area contributed by atoms with E-state index in [1.807, 2.05) is 37.3 Å². The van der Waals surface area contributed by atoms with Gasteiger partial charge >= 0.3 is 0 Å². The molecule has 0 fully saturated rings. The van der Waals surface area contributed by atoms with Crippen molar-refractivity contribution in [3.8, 4) is 0 Å². The summed E-state index contributed by atoms with van der Waals surface area (Å²) in [5.41, 5.74) is 1.47. The summed E-state index contributed by atoms with van der Waals surface area (Å²) in [6.07, 6.45) is 0.640. The number of benzene rings is 2. The summed E-state index contributed by atoms with van der Waals surface area (Å²) in [7, 11) is -3.74. The average molecular weight is 377 g/mol. The lowest BCUT2D eigenvalue weighted by molar-refractivity contribution is -0.121. The number of thiocarbonyl (C=S) groups is 1. The second kappa shape index (κ2) is 8.19. The van der Waals surface area contributed by atoms with Crippen molar-refractivity contribution < 1.29 is 13.2 Å². The molecule has 25 heavy (non-hydrogen) atoms. The molecule has 0 saturated heterocycles. The first kappa shape index (κ1) is 19.0. The molecule has 0 heterocycles. The number of carbonyl (C=O) groups is 1. The number of primary sulfonamides is 1. The first-order valence-electron chi connectivity index (χ1n) is 7.61. The third-order valence-corrected chi connectivity index (χ3v) is 4.74. The maximum atomic E-state index is 12.4. The Balaban J connectivity index is 2.00. The summed E-state index contributed by atoms with van der Waals surface area (Å²) in [6.45, 7) is 1.93. The van der Waals surface area contributed by atoms with Gasteiger partial charge in [-0.1, -0.05) is 37.3 Å². The highest BCUT2D eigenvalue weighted by molar-refractivity contribution is 7.89. The summed E-state index contributed by atoms with van der Waals surface area (Å²) in [6, 6.07) is 15.2. The molecule has 1 amide bonds. The van der Waals surface area contributed by atoms with E-state index in [2.05, 4.69) is 10.6 Å². The molecule has 0 aromatic heterocycles. The Morgan fingerprint density at radius 3 is 2.24 bits per heavy atom. The second-order valence-electron chi connectivity index (χ2n) is 5.38. The molecular formula is C17H19N3O3S2. The van der Waals surface area contributed by atoms with Crippen LogP contribution in [0.1, 0.15) is 24.8 Å². The molecule has 1 atom stereocenters. The zero-order valence-electron chi connectivity index (χ0n) is 13.6. The SMILES string of the molecule is CCC(C(=O)NC(=S)Nc1ccc(S(N)(=O)=O)cc1)c1ccccc1. The van der Waals surface area contributed by atoms with Gasteiger partial charge in [0.2, 0.25) is 15.9 Å². The maximum absolute atomic E-state index is 12.4. The molecule has 6 nitrogen and oxygen atoms in total. The number of anilines is 1. The van der Waals surface area contributed by atoms with Gasteiger partial charge in [-0.2, -0.15) is 0 Å². The van der Waals surface area contributed by atoms with Gasteiger partial charge in [-0.3, -0.25) is 4.79 Å². The first-order chi connectivity index (χ1) is 11.8. The Morgan fingerprint density at radius 1 is 1.12 bits per heavy atom. The van der Waals surface area contributed by atoms with Gasteiger partial charge in [-0.25, -0.2) is 13.6 Å². The standard InChI is InChI=1S/C17H19N3O3S2/c1-2-15(12-6-4-3-5-7-12)16(21)20-17(24)19-13-8-10-14(11-9-13)25(18,22)23/h3-11,15H,2H2,1H3,(H2,18,22,23)(H2,19,20,21,24). The molecule has 0 aliphatic rings. The fourth-order valence-electron chi connectivity index (χ4n) is 2.35. The molecule has 0 radical (unpaired) electrons. The number of sulfonamides is 1. The van der Waals surface area contributed by atoms with Crippen LogP contribution in [0.25, 0.3) is 0 Å². The van der Waals surface area contributed by atoms with Crippen LogP contribution in [0.3, 0.4) is 0 Å². The number of hydrogen-bond donors (Lipinski definition) is 3. The van der Waals surface area contributed by atoms with Gasteiger partial charge in [-0.05, 0) is 48.5 Å². The van der Waals surface area contributed by atoms with Crippen LogP contribution in [0.2, 0.25) is 0 Å². The van der Waals surface area contributed by atoms with E-state index in [-0.39, 0.29) is 21.8 Å². The van der Waals surface area contributed by atoms with E-state index in [9.17, 15) is 13.2 Å². The topological polar surface area (TPSA) is 101 Å². The van der Waals surface area contributed by atoms with Crippen LogP contribution in [0.15, 0.2) is 59.5 Å². The van der Waals surface area contributed by atoms with E-state index in [0.29, 0.717) is 12.1 Å². The fraction of sp³-hybridized carbons (Fsp3) is 0.176. The normalized spacial score (nSPS) is 12.2. The van der Waals surface area contributed by atoms with Gasteiger partial charge < -0.3 is 10.6 Å². The molecule has 2 aromatic carbocycles. The Kier molecular flexibility index (Phi) is 6.24. The van der Waals surface area contributed by atoms with Crippen LogP contribution >= 0.6 is 12.2 Å². The second-order valence-corrected chi connectivity index (χ2v) is 7.35. The van der Waals surface area contributed by atoms with Crippen LogP contribution in [0, 0.1) is 0 Å². The molecule has 2 rings (SSSR count). The summed E-state index contributed by atoms with van der Waals surface area (Å²) < 4.78 is 22.5. The number of hydrogen-bond acceptors (Lipinski definition) is 4. The Morgan fingerprint density at radius 2 is 1.72 bits per heavy atom. The molecular weight excluding hydrogens is 358 g/mol. The number of carbonyl (C=O) groups excluding carboxylic acids is 1. The minimum absolute atomic E-state index is 0.00290. The summed E-state index contributed by atoms with van der Waals surface area (Å²) >= 11 is 5.15. The minimum atomic E-state index is -3.74. The van der Waals surface area contributed by atoms with Gasteiger partial charge in [-0.15, -0.1) is 0 Å². The lowest BCUT2D eigenvalue weighted by atomic mass is 9.96. The quantitative estimate of drug-likeness (QED) is 0.694. The number of amides is 1. The molecule has 0 spiro atoms. The lowest BCUT2D eigenvalue weighted by Gasteiger charge is -2.16. The Bertz CT molecular complexity index is 850. The molecule has 2 aromatic rings. The predicted molar refractivity (Wildman–Crippen MR) is 102 cm³/mol. The van der Waals surface area contributed by atoms with Crippen molar-refractivity contribution in [1.82, 2.24) is 5.32 Å². The van der Waals surface area contributed by atoms with Crippen LogP contribution < -0.4 is 15.8 Å². The third-order valence-electron chi connectivity index (χ3n) is 3.60. The summed E-state index contributed by atoms with van der Waals surface area (Å²) in [4.78, 5) is 12.4. The van der Waals surface area contributed by atoms with Crippen molar-refractivity contribution >= 4 is 38.9 Å². The van der Waals surface area contributed by atoms with Gasteiger partial charge in [0.1, 0.15) is 0 Å². The fourth-order valence-corrected chi connectivity index (χ4v) is 3.08. The van der Waals surface area contributed by atoms with E-state index >= 15 is 0 Å². The van der Waals surface area contributed by atoms with Gasteiger partial charge in [0.05, 0.1) is 10.8 Å². The first-order valence-corrected chi connectivity index (χ1v) is 9.56. The Hall–Kier alpha value is -2.29. The van der Waals surface area contributed by atoms with Gasteiger partial charge in [0.15, 0.2) is 5.11 Å². The van der Waals surface area contributed by atoms with Crippen molar-refractivity contribution in [2.75, 3.05) is 5.32 Å². The van der Waals surface area contributed by atoms with Crippen LogP contribution in [-0.2, 0) is 14.8 Å². The highest BCUT2D eigenvalue weighted by Gasteiger charge is 2.19. The molecule has 1 unspecified atom stereocenters. The van der Waals surface area contributed by atoms with Crippen LogP contribution in [0.5, 0.6) is 0 Å². The largest absolute Gasteiger partial charge is 0.332 e. The van der Waals surface area contributed by atoms with Crippen molar-refractivity contribution in [2.45, 2.75) is 24.2 Å². The molecule has 4 N–H and O–H groups in total. The zero-order chi connectivity index (χ0) is 18.4. The number of rotatable bonds is 5. The summed E-state index contributed by atoms with van der Waals surface area (Å²) in [5.74, 6) is -0.502. The number of nitrogens with one attached hydrogen (secondary N) is 2. The van der Waals surface area contributed by atoms with Gasteiger partial charge in [0.25, 0.3) is 0 Å². The van der Waals surface area contributed by atoms with Gasteiger partial charge in [0, 0.05) is 5.69 Å². The monoisotopic (exact) mass is 377 g/mol. The highest BCUT2D eigenvalue weighted by Crippen LogP contribution is 2.19. The van der Waals surface area contributed by atoms with Crippen molar-refractivity contribution in [1.29, 1.82) is 0 Å². The molecule has 132 valence electrons. The van der Waals surface area contributed by atoms with Crippen molar-refractivity contribution in [2.24, 2.45) is 5.14 Å². The molecule has 8 heteroatoms. The van der Waals surface area contributed by atoms with Crippen LogP contribution in [0.4, 0.5) is 5.69 Å². The zero-order valence-corrected chi connectivity index (χ0v) is 15.2. The molecule has 0 aliphatic heterocycles. The van der Waals surface area contributed by atoms with Crippen molar-refractivity contribution in [3.63, 3.8) is 0 Å². The number of nitrogens with two attached hydrogens (primary N) is 1. The minimum Gasteiger partial charge on any atom is -0.332 e. The lowest BCUT2D eigenvalue weighted by Crippen LogP contribution is -2.37. The summed E-state index contributed by atoms with van der Waals surface area (Å²) in [5, 5.41) is 10.7. The molecule has 0 bridgehead atoms. The van der Waals surface area contributed by atoms with Crippen molar-refractivity contribution in [3.05, 3.63) is 60.2 Å². The third kappa shape index (κ3) is 5.35. The Labute approximate surface area is 152 Å². The van der Waals surface area contributed by atoms with E-state index < -0.39 is 10.0 Å². The van der Waals surface area contributed by atoms with E-state index in [4.69, 9.17) is 17.4 Å². The average Bonchev–Trinajstić information content (AvgIpc) is 2.56. The predicted octanol–water partition coefficient (Wildman–Crippen LogP) is 2.34. The molecule has 0 saturated carbocycles. The highest BCUT2D eigenvalue weighted by atomic mass is 32.2. The smallest absolute Gasteiger partial charge is 0.238 e. The van der Waals surface area contributed by atoms with E-state index in [0.717, 1.165) is 5.56 Å².